The molecule has 4 rings (SSSR count). The molecular weight excluding hydrogens is 483 g/mol. The van der Waals surface area contributed by atoms with E-state index in [0.717, 1.165) is 30.5 Å². The minimum atomic E-state index is -4.43. The summed E-state index contributed by atoms with van der Waals surface area (Å²) in [7, 11) is 0. The molecule has 1 aliphatic rings. The van der Waals surface area contributed by atoms with Gasteiger partial charge in [0.2, 0.25) is 5.89 Å². The number of oxazole rings is 1. The molecule has 2 aromatic carbocycles. The van der Waals surface area contributed by atoms with Gasteiger partial charge >= 0.3 is 6.18 Å². The van der Waals surface area contributed by atoms with Gasteiger partial charge < -0.3 is 14.5 Å². The number of carbonyl (C=O) groups excluding carboxylic acids is 1. The number of nitrogens with zero attached hydrogens (tertiary/aromatic N) is 2. The molecule has 6 nitrogen and oxygen atoms in total. The number of hydrogen-bond acceptors (Lipinski definition) is 5. The maximum Gasteiger partial charge on any atom is 0.416 e. The zero-order valence-corrected chi connectivity index (χ0v) is 19.6. The minimum absolute atomic E-state index is 0.00553. The van der Waals surface area contributed by atoms with Crippen LogP contribution < -0.4 is 5.32 Å². The summed E-state index contributed by atoms with van der Waals surface area (Å²) in [5.74, 6) is -0.0870. The van der Waals surface area contributed by atoms with E-state index in [1.165, 1.54) is 12.3 Å². The molecule has 1 aliphatic heterocycles. The van der Waals surface area contributed by atoms with Crippen molar-refractivity contribution in [2.45, 2.75) is 44.8 Å². The van der Waals surface area contributed by atoms with Crippen LogP contribution in [-0.2, 0) is 30.5 Å². The number of nitrogens with one attached hydrogen (secondary N) is 1. The normalized spacial score (nSPS) is 16.1. The molecule has 0 bridgehead atoms. The number of ether oxygens (including phenoxy) is 1. The van der Waals surface area contributed by atoms with Crippen LogP contribution >= 0.6 is 11.6 Å². The number of halogens is 4. The Labute approximate surface area is 206 Å². The van der Waals surface area contributed by atoms with Gasteiger partial charge in [-0.1, -0.05) is 41.9 Å². The lowest BCUT2D eigenvalue weighted by Gasteiger charge is -2.22. The third-order valence-electron chi connectivity index (χ3n) is 5.61. The van der Waals surface area contributed by atoms with Crippen molar-refractivity contribution >= 4 is 17.5 Å². The van der Waals surface area contributed by atoms with Crippen molar-refractivity contribution < 1.29 is 27.1 Å². The summed E-state index contributed by atoms with van der Waals surface area (Å²) in [5.41, 5.74) is 0.798. The van der Waals surface area contributed by atoms with Gasteiger partial charge in [-0.2, -0.15) is 13.2 Å². The van der Waals surface area contributed by atoms with Crippen LogP contribution in [0.15, 0.2) is 59.2 Å². The van der Waals surface area contributed by atoms with E-state index in [0.29, 0.717) is 30.3 Å². The molecule has 1 atom stereocenters. The average Bonchev–Trinajstić information content (AvgIpc) is 3.49. The summed E-state index contributed by atoms with van der Waals surface area (Å²) >= 11 is 6.11. The van der Waals surface area contributed by atoms with Crippen LogP contribution in [0.2, 0.25) is 5.02 Å². The summed E-state index contributed by atoms with van der Waals surface area (Å²) in [4.78, 5) is 18.6. The van der Waals surface area contributed by atoms with Crippen molar-refractivity contribution in [1.82, 2.24) is 15.2 Å². The lowest BCUT2D eigenvalue weighted by atomic mass is 10.1. The zero-order chi connectivity index (χ0) is 24.8. The van der Waals surface area contributed by atoms with Crippen molar-refractivity contribution in [1.29, 1.82) is 0 Å². The van der Waals surface area contributed by atoms with E-state index in [9.17, 15) is 18.0 Å². The van der Waals surface area contributed by atoms with Crippen molar-refractivity contribution in [3.05, 3.63) is 88.1 Å². The van der Waals surface area contributed by atoms with Crippen LogP contribution in [0.5, 0.6) is 0 Å². The first-order chi connectivity index (χ1) is 16.8. The number of aromatic nitrogens is 1. The van der Waals surface area contributed by atoms with Gasteiger partial charge in [0.05, 0.1) is 18.2 Å². The van der Waals surface area contributed by atoms with E-state index in [1.807, 2.05) is 17.0 Å². The highest BCUT2D eigenvalue weighted by Gasteiger charge is 2.30. The summed E-state index contributed by atoms with van der Waals surface area (Å²) in [6.07, 6.45) is -1.27. The van der Waals surface area contributed by atoms with E-state index >= 15 is 0 Å². The second-order valence-corrected chi connectivity index (χ2v) is 8.88. The molecule has 0 aliphatic carbocycles. The van der Waals surface area contributed by atoms with E-state index < -0.39 is 11.7 Å². The van der Waals surface area contributed by atoms with Crippen LogP contribution in [0, 0.1) is 0 Å². The first kappa shape index (κ1) is 25.2. The van der Waals surface area contributed by atoms with Gasteiger partial charge in [-0.3, -0.25) is 9.69 Å². The minimum Gasteiger partial charge on any atom is -0.447 e. The first-order valence-corrected chi connectivity index (χ1v) is 11.6. The Hall–Kier alpha value is -2.88. The Morgan fingerprint density at radius 1 is 1.11 bits per heavy atom. The van der Waals surface area contributed by atoms with Crippen LogP contribution in [-0.4, -0.2) is 35.0 Å². The molecule has 0 spiro atoms. The Morgan fingerprint density at radius 2 is 1.86 bits per heavy atom. The molecule has 186 valence electrons. The van der Waals surface area contributed by atoms with Crippen molar-refractivity contribution in [3.8, 4) is 0 Å². The SMILES string of the molecule is O=C(NC[C@@H]1CCCO1)c1coc(CN(Cc2cccc(Cl)c2)Cc2cccc(C(F)(F)F)c2)n1. The second kappa shape index (κ2) is 11.2. The quantitative estimate of drug-likeness (QED) is 0.416. The van der Waals surface area contributed by atoms with E-state index in [2.05, 4.69) is 10.3 Å². The third-order valence-corrected chi connectivity index (χ3v) is 5.85. The average molecular weight is 508 g/mol. The van der Waals surface area contributed by atoms with Gasteiger partial charge in [-0.15, -0.1) is 0 Å². The predicted molar refractivity (Wildman–Crippen MR) is 124 cm³/mol. The number of hydrogen-bond donors (Lipinski definition) is 1. The smallest absolute Gasteiger partial charge is 0.416 e. The fraction of sp³-hybridized carbons (Fsp3) is 0.360. The lowest BCUT2D eigenvalue weighted by molar-refractivity contribution is -0.137. The van der Waals surface area contributed by atoms with Crippen LogP contribution in [0.3, 0.4) is 0 Å². The Morgan fingerprint density at radius 3 is 2.54 bits per heavy atom. The Balaban J connectivity index is 1.47. The molecule has 3 aromatic rings. The number of carbonyl (C=O) groups is 1. The molecule has 10 heteroatoms. The number of amides is 1. The third kappa shape index (κ3) is 7.30. The fourth-order valence-electron chi connectivity index (χ4n) is 3.95. The molecule has 0 unspecified atom stereocenters. The fourth-order valence-corrected chi connectivity index (χ4v) is 4.16. The second-order valence-electron chi connectivity index (χ2n) is 8.44. The molecule has 1 amide bonds. The maximum absolute atomic E-state index is 13.2. The zero-order valence-electron chi connectivity index (χ0n) is 18.9. The molecule has 0 radical (unpaired) electrons. The molecular formula is C25H25ClF3N3O3. The van der Waals surface area contributed by atoms with Gasteiger partial charge in [0.15, 0.2) is 5.69 Å². The molecule has 2 heterocycles. The van der Waals surface area contributed by atoms with Crippen molar-refractivity contribution in [2.75, 3.05) is 13.2 Å². The Kier molecular flexibility index (Phi) is 8.10. The van der Waals surface area contributed by atoms with Gasteiger partial charge in [0.1, 0.15) is 6.26 Å². The molecule has 35 heavy (non-hydrogen) atoms. The first-order valence-electron chi connectivity index (χ1n) is 11.2. The summed E-state index contributed by atoms with van der Waals surface area (Å²) < 4.78 is 50.6. The summed E-state index contributed by atoms with van der Waals surface area (Å²) in [5, 5.41) is 3.35. The monoisotopic (exact) mass is 507 g/mol. The van der Waals surface area contributed by atoms with E-state index in [1.54, 1.807) is 18.2 Å². The summed E-state index contributed by atoms with van der Waals surface area (Å²) in [6, 6.07) is 12.4. The Bertz CT molecular complexity index is 1150. The maximum atomic E-state index is 13.2. The highest BCUT2D eigenvalue weighted by Crippen LogP contribution is 2.30. The highest BCUT2D eigenvalue weighted by atomic mass is 35.5. The van der Waals surface area contributed by atoms with Crippen LogP contribution in [0.1, 0.15) is 45.9 Å². The van der Waals surface area contributed by atoms with E-state index in [-0.39, 0.29) is 36.7 Å². The lowest BCUT2D eigenvalue weighted by Crippen LogP contribution is -2.32. The number of rotatable bonds is 9. The van der Waals surface area contributed by atoms with Crippen LogP contribution in [0.4, 0.5) is 13.2 Å². The van der Waals surface area contributed by atoms with Gasteiger partial charge in [0.25, 0.3) is 5.91 Å². The topological polar surface area (TPSA) is 67.6 Å². The molecule has 1 aromatic heterocycles. The van der Waals surface area contributed by atoms with Crippen molar-refractivity contribution in [2.24, 2.45) is 0 Å². The number of alkyl halides is 3. The number of benzene rings is 2. The molecule has 1 N–H and O–H groups in total. The van der Waals surface area contributed by atoms with Gasteiger partial charge in [0, 0.05) is 31.3 Å². The van der Waals surface area contributed by atoms with Crippen LogP contribution in [0.25, 0.3) is 0 Å². The van der Waals surface area contributed by atoms with Crippen molar-refractivity contribution in [3.63, 3.8) is 0 Å². The predicted octanol–water partition coefficient (Wildman–Crippen LogP) is 5.46. The highest BCUT2D eigenvalue weighted by molar-refractivity contribution is 6.30. The van der Waals surface area contributed by atoms with E-state index in [4.69, 9.17) is 20.8 Å². The summed E-state index contributed by atoms with van der Waals surface area (Å²) in [6.45, 7) is 1.88. The molecule has 1 saturated heterocycles. The molecule has 0 saturated carbocycles. The standard InChI is InChI=1S/C25H25ClF3N3O3/c26-20-7-2-5-18(11-20)14-32(13-17-4-1-6-19(10-17)25(27,28)29)15-23-31-22(16-35-23)24(33)30-12-21-8-3-9-34-21/h1-2,4-7,10-11,16,21H,3,8-9,12-15H2,(H,30,33)/t21-/m0/s1. The van der Waals surface area contributed by atoms with Gasteiger partial charge in [-0.25, -0.2) is 4.98 Å². The molecule has 1 fully saturated rings. The largest absolute Gasteiger partial charge is 0.447 e. The van der Waals surface area contributed by atoms with Gasteiger partial charge in [-0.05, 0) is 42.2 Å².